The second-order valence-corrected chi connectivity index (χ2v) is 8.61. The lowest BCUT2D eigenvalue weighted by Gasteiger charge is -2.36. The van der Waals surface area contributed by atoms with Crippen molar-refractivity contribution in [2.75, 3.05) is 13.1 Å². The molecule has 1 unspecified atom stereocenters. The molecule has 2 aliphatic rings. The minimum absolute atomic E-state index is 0.0452. The average molecular weight is 377 g/mol. The van der Waals surface area contributed by atoms with Crippen molar-refractivity contribution in [3.8, 4) is 0 Å². The minimum Gasteiger partial charge on any atom is -0.444 e. The highest BCUT2D eigenvalue weighted by molar-refractivity contribution is 5.94. The van der Waals surface area contributed by atoms with Gasteiger partial charge in [0.2, 0.25) is 0 Å². The van der Waals surface area contributed by atoms with Crippen LogP contribution >= 0.6 is 0 Å². The Morgan fingerprint density at radius 1 is 1.22 bits per heavy atom. The number of ether oxygens (including phenoxy) is 1. The summed E-state index contributed by atoms with van der Waals surface area (Å²) in [7, 11) is 1.83. The zero-order valence-electron chi connectivity index (χ0n) is 17.2. The molecular formula is C20H32N4O3. The molecule has 0 aromatic carbocycles. The zero-order valence-corrected chi connectivity index (χ0v) is 17.2. The Kier molecular flexibility index (Phi) is 5.49. The van der Waals surface area contributed by atoms with Crippen LogP contribution in [-0.2, 0) is 24.8 Å². The molecule has 3 rings (SSSR count). The van der Waals surface area contributed by atoms with Crippen molar-refractivity contribution in [1.29, 1.82) is 0 Å². The van der Waals surface area contributed by atoms with E-state index >= 15 is 0 Å². The minimum atomic E-state index is -0.535. The first-order chi connectivity index (χ1) is 12.7. The quantitative estimate of drug-likeness (QED) is 0.795. The zero-order chi connectivity index (χ0) is 19.8. The Morgan fingerprint density at radius 2 is 1.96 bits per heavy atom. The molecule has 1 saturated heterocycles. The molecular weight excluding hydrogens is 344 g/mol. The number of rotatable bonds is 2. The van der Waals surface area contributed by atoms with Crippen molar-refractivity contribution in [3.05, 3.63) is 17.0 Å². The first kappa shape index (κ1) is 19.7. The number of hydrogen-bond donors (Lipinski definition) is 0. The number of hydrogen-bond acceptors (Lipinski definition) is 4. The summed E-state index contributed by atoms with van der Waals surface area (Å²) in [5.41, 5.74) is 1.89. The van der Waals surface area contributed by atoms with Gasteiger partial charge in [-0.05, 0) is 46.5 Å². The van der Waals surface area contributed by atoms with E-state index in [4.69, 9.17) is 4.74 Å². The van der Waals surface area contributed by atoms with Gasteiger partial charge in [-0.2, -0.15) is 5.10 Å². The molecule has 0 N–H and O–H groups in total. The summed E-state index contributed by atoms with van der Waals surface area (Å²) in [5.74, 6) is 0.0452. The number of nitrogens with zero attached hydrogens (tertiary/aromatic N) is 4. The normalized spacial score (nSPS) is 20.4. The lowest BCUT2D eigenvalue weighted by atomic mass is 9.98. The largest absolute Gasteiger partial charge is 0.444 e. The summed E-state index contributed by atoms with van der Waals surface area (Å²) in [5, 5.41) is 4.58. The van der Waals surface area contributed by atoms with E-state index in [1.54, 1.807) is 9.58 Å². The third-order valence-corrected chi connectivity index (χ3v) is 5.41. The van der Waals surface area contributed by atoms with Crippen LogP contribution in [0, 0.1) is 0 Å². The number of aryl methyl sites for hydroxylation is 1. The van der Waals surface area contributed by atoms with Gasteiger partial charge in [0.15, 0.2) is 0 Å². The Bertz CT molecular complexity index is 720. The number of likely N-dealkylation sites (tertiary alicyclic amines) is 1. The number of carbonyl (C=O) groups excluding carboxylic acids is 2. The van der Waals surface area contributed by atoms with Gasteiger partial charge < -0.3 is 14.5 Å². The van der Waals surface area contributed by atoms with Crippen molar-refractivity contribution in [2.24, 2.45) is 7.05 Å². The van der Waals surface area contributed by atoms with Gasteiger partial charge >= 0.3 is 6.09 Å². The van der Waals surface area contributed by atoms with E-state index in [0.29, 0.717) is 31.2 Å². The number of fused-ring (bicyclic) bond motifs is 1. The van der Waals surface area contributed by atoms with Crippen molar-refractivity contribution in [1.82, 2.24) is 19.6 Å². The monoisotopic (exact) mass is 376 g/mol. The van der Waals surface area contributed by atoms with Crippen LogP contribution in [0.15, 0.2) is 0 Å². The highest BCUT2D eigenvalue weighted by Crippen LogP contribution is 2.27. The standard InChI is InChI=1S/C20H32N4O3/c1-6-14-9-7-8-11-24(14)18(25)17-15-13-23(19(26)27-20(2,3)4)12-10-16(15)21-22(17)5/h14H,6-13H2,1-5H3. The smallest absolute Gasteiger partial charge is 0.410 e. The maximum absolute atomic E-state index is 13.4. The molecule has 7 nitrogen and oxygen atoms in total. The number of piperidine rings is 1. The van der Waals surface area contributed by atoms with Gasteiger partial charge in [-0.15, -0.1) is 0 Å². The highest BCUT2D eigenvalue weighted by atomic mass is 16.6. The summed E-state index contributed by atoms with van der Waals surface area (Å²) < 4.78 is 7.22. The Morgan fingerprint density at radius 3 is 2.63 bits per heavy atom. The Balaban J connectivity index is 1.84. The van der Waals surface area contributed by atoms with Gasteiger partial charge in [0.25, 0.3) is 5.91 Å². The molecule has 0 spiro atoms. The summed E-state index contributed by atoms with van der Waals surface area (Å²) in [6.07, 6.45) is 4.57. The lowest BCUT2D eigenvalue weighted by molar-refractivity contribution is 0.0221. The second-order valence-electron chi connectivity index (χ2n) is 8.61. The molecule has 2 amide bonds. The summed E-state index contributed by atoms with van der Waals surface area (Å²) >= 11 is 0. The summed E-state index contributed by atoms with van der Waals surface area (Å²) in [6, 6.07) is 0.294. The molecule has 2 aliphatic heterocycles. The van der Waals surface area contributed by atoms with Crippen LogP contribution in [0.4, 0.5) is 4.79 Å². The van der Waals surface area contributed by atoms with Crippen molar-refractivity contribution >= 4 is 12.0 Å². The molecule has 7 heteroatoms. The molecule has 0 radical (unpaired) electrons. The lowest BCUT2D eigenvalue weighted by Crippen LogP contribution is -2.45. The SMILES string of the molecule is CCC1CCCCN1C(=O)c1c2c(nn1C)CCN(C(=O)OC(C)(C)C)C2. The van der Waals surface area contributed by atoms with E-state index in [9.17, 15) is 9.59 Å². The topological polar surface area (TPSA) is 67.7 Å². The van der Waals surface area contributed by atoms with Crippen LogP contribution in [0.1, 0.15) is 75.1 Å². The molecule has 0 aliphatic carbocycles. The predicted molar refractivity (Wildman–Crippen MR) is 103 cm³/mol. The van der Waals surface area contributed by atoms with Gasteiger partial charge in [0.1, 0.15) is 11.3 Å². The van der Waals surface area contributed by atoms with E-state index in [1.165, 1.54) is 6.42 Å². The number of aromatic nitrogens is 2. The highest BCUT2D eigenvalue weighted by Gasteiger charge is 2.35. The van der Waals surface area contributed by atoms with Crippen LogP contribution in [0.3, 0.4) is 0 Å². The van der Waals surface area contributed by atoms with Crippen molar-refractivity contribution in [2.45, 2.75) is 78.0 Å². The van der Waals surface area contributed by atoms with Crippen molar-refractivity contribution in [3.63, 3.8) is 0 Å². The van der Waals surface area contributed by atoms with E-state index in [1.807, 2.05) is 32.7 Å². The van der Waals surface area contributed by atoms with Gasteiger partial charge in [0, 0.05) is 38.2 Å². The summed E-state index contributed by atoms with van der Waals surface area (Å²) in [6.45, 7) is 9.46. The van der Waals surface area contributed by atoms with E-state index in [0.717, 1.165) is 37.1 Å². The molecule has 1 aromatic heterocycles. The molecule has 3 heterocycles. The van der Waals surface area contributed by atoms with Crippen molar-refractivity contribution < 1.29 is 14.3 Å². The molecule has 1 fully saturated rings. The van der Waals surface area contributed by atoms with E-state index in [2.05, 4.69) is 12.0 Å². The van der Waals surface area contributed by atoms with Gasteiger partial charge in [-0.3, -0.25) is 9.48 Å². The fraction of sp³-hybridized carbons (Fsp3) is 0.750. The fourth-order valence-electron chi connectivity index (χ4n) is 4.08. The first-order valence-corrected chi connectivity index (χ1v) is 10.0. The Hall–Kier alpha value is -2.05. The molecule has 0 saturated carbocycles. The fourth-order valence-corrected chi connectivity index (χ4v) is 4.08. The maximum atomic E-state index is 13.4. The third kappa shape index (κ3) is 4.12. The van der Waals surface area contributed by atoms with Crippen LogP contribution in [-0.4, -0.2) is 56.3 Å². The summed E-state index contributed by atoms with van der Waals surface area (Å²) in [4.78, 5) is 29.5. The third-order valence-electron chi connectivity index (χ3n) is 5.41. The van der Waals surface area contributed by atoms with Gasteiger partial charge in [-0.1, -0.05) is 6.92 Å². The van der Waals surface area contributed by atoms with Crippen LogP contribution in [0.2, 0.25) is 0 Å². The van der Waals surface area contributed by atoms with Gasteiger partial charge in [-0.25, -0.2) is 4.79 Å². The molecule has 1 aromatic rings. The molecule has 27 heavy (non-hydrogen) atoms. The number of amides is 2. The van der Waals surface area contributed by atoms with Gasteiger partial charge in [0.05, 0.1) is 12.2 Å². The maximum Gasteiger partial charge on any atom is 0.410 e. The van der Waals surface area contributed by atoms with E-state index < -0.39 is 5.60 Å². The second kappa shape index (κ2) is 7.52. The molecule has 150 valence electrons. The first-order valence-electron chi connectivity index (χ1n) is 10.0. The Labute approximate surface area is 161 Å². The van der Waals surface area contributed by atoms with Crippen LogP contribution in [0.5, 0.6) is 0 Å². The molecule has 0 bridgehead atoms. The number of carbonyl (C=O) groups is 2. The van der Waals surface area contributed by atoms with Crippen LogP contribution in [0.25, 0.3) is 0 Å². The van der Waals surface area contributed by atoms with E-state index in [-0.39, 0.29) is 12.0 Å². The molecule has 1 atom stereocenters. The van der Waals surface area contributed by atoms with Crippen LogP contribution < -0.4 is 0 Å². The average Bonchev–Trinajstić information content (AvgIpc) is 2.94. The predicted octanol–water partition coefficient (Wildman–Crippen LogP) is 3.12.